The Morgan fingerprint density at radius 1 is 1.56 bits per heavy atom. The van der Waals surface area contributed by atoms with Crippen LogP contribution in [0.15, 0.2) is 16.9 Å². The third-order valence-electron chi connectivity index (χ3n) is 3.70. The monoisotopic (exact) mass is 282 g/mol. The molecule has 3 rings (SSSR count). The second-order valence-corrected chi connectivity index (χ2v) is 6.70. The molecule has 1 aromatic rings. The molecule has 0 aliphatic carbocycles. The fourth-order valence-electron chi connectivity index (χ4n) is 2.89. The smallest absolute Gasteiger partial charge is 0.253 e. The molecule has 0 aromatic carbocycles. The van der Waals surface area contributed by atoms with Crippen LogP contribution in [0.2, 0.25) is 0 Å². The van der Waals surface area contributed by atoms with E-state index in [2.05, 4.69) is 27.3 Å². The molecule has 1 fully saturated rings. The van der Waals surface area contributed by atoms with Crippen LogP contribution in [0.1, 0.15) is 23.6 Å². The number of halogens is 1. The van der Waals surface area contributed by atoms with Crippen molar-refractivity contribution in [3.63, 3.8) is 0 Å². The van der Waals surface area contributed by atoms with Gasteiger partial charge >= 0.3 is 0 Å². The highest BCUT2D eigenvalue weighted by Crippen LogP contribution is 2.39. The molecule has 4 heteroatoms. The molecule has 16 heavy (non-hydrogen) atoms. The molecule has 0 spiro atoms. The van der Waals surface area contributed by atoms with Gasteiger partial charge in [-0.3, -0.25) is 4.79 Å². The Hall–Kier alpha value is -0.610. The summed E-state index contributed by atoms with van der Waals surface area (Å²) < 4.78 is 2.03. The van der Waals surface area contributed by atoms with Gasteiger partial charge in [0.2, 0.25) is 0 Å². The molecule has 3 heterocycles. The van der Waals surface area contributed by atoms with E-state index >= 15 is 0 Å². The summed E-state index contributed by atoms with van der Waals surface area (Å²) in [6.07, 6.45) is 1.13. The molecule has 0 amide bonds. The van der Waals surface area contributed by atoms with Crippen molar-refractivity contribution in [3.8, 4) is 0 Å². The fraction of sp³-hybridized carbons (Fsp3) is 0.583. The summed E-state index contributed by atoms with van der Waals surface area (Å²) in [7, 11) is 0. The van der Waals surface area contributed by atoms with Gasteiger partial charge in [-0.1, -0.05) is 22.0 Å². The Bertz CT molecular complexity index is 496. The maximum absolute atomic E-state index is 12.1. The largest absolute Gasteiger partial charge is 0.315 e. The first kappa shape index (κ1) is 10.5. The quantitative estimate of drug-likeness (QED) is 0.730. The first-order chi connectivity index (χ1) is 7.59. The van der Waals surface area contributed by atoms with Crippen LogP contribution in [0.4, 0.5) is 0 Å². The van der Waals surface area contributed by atoms with Crippen LogP contribution in [0, 0.1) is 6.92 Å². The lowest BCUT2D eigenvalue weighted by Gasteiger charge is -2.43. The molecular weight excluding hydrogens is 268 g/mol. The van der Waals surface area contributed by atoms with E-state index in [-0.39, 0.29) is 9.88 Å². The lowest BCUT2D eigenvalue weighted by molar-refractivity contribution is 0.294. The Morgan fingerprint density at radius 3 is 3.19 bits per heavy atom. The predicted molar refractivity (Wildman–Crippen MR) is 67.3 cm³/mol. The summed E-state index contributed by atoms with van der Waals surface area (Å²) in [5, 5.41) is 3.44. The number of pyridine rings is 1. The maximum Gasteiger partial charge on any atom is 0.253 e. The normalized spacial score (nSPS) is 32.2. The van der Waals surface area contributed by atoms with Crippen molar-refractivity contribution < 1.29 is 0 Å². The number of alkyl halides is 1. The summed E-state index contributed by atoms with van der Waals surface area (Å²) in [5.41, 5.74) is 2.21. The molecule has 1 saturated heterocycles. The van der Waals surface area contributed by atoms with Gasteiger partial charge in [0, 0.05) is 36.8 Å². The molecule has 0 saturated carbocycles. The molecule has 0 unspecified atom stereocenters. The van der Waals surface area contributed by atoms with E-state index in [9.17, 15) is 4.79 Å². The third-order valence-corrected chi connectivity index (χ3v) is 4.56. The Balaban J connectivity index is 2.19. The van der Waals surface area contributed by atoms with Crippen LogP contribution in [0.3, 0.4) is 0 Å². The average Bonchev–Trinajstić information content (AvgIpc) is 2.24. The van der Waals surface area contributed by atoms with Crippen LogP contribution >= 0.6 is 15.9 Å². The lowest BCUT2D eigenvalue weighted by Crippen LogP contribution is -2.53. The number of fused-ring (bicyclic) bond motifs is 4. The molecule has 0 radical (unpaired) electrons. The fourth-order valence-corrected chi connectivity index (χ4v) is 3.73. The summed E-state index contributed by atoms with van der Waals surface area (Å²) in [6.45, 7) is 4.60. The van der Waals surface area contributed by atoms with Crippen molar-refractivity contribution in [1.29, 1.82) is 0 Å². The van der Waals surface area contributed by atoms with Crippen molar-refractivity contribution in [1.82, 2.24) is 9.88 Å². The van der Waals surface area contributed by atoms with Gasteiger partial charge in [-0.25, -0.2) is 0 Å². The summed E-state index contributed by atoms with van der Waals surface area (Å²) in [4.78, 5) is 12.1. The van der Waals surface area contributed by atoms with Crippen LogP contribution in [-0.4, -0.2) is 22.0 Å². The van der Waals surface area contributed by atoms with Gasteiger partial charge in [0.25, 0.3) is 5.56 Å². The van der Waals surface area contributed by atoms with E-state index < -0.39 is 0 Å². The number of aromatic nitrogens is 1. The number of hydrogen-bond acceptors (Lipinski definition) is 2. The van der Waals surface area contributed by atoms with Gasteiger partial charge in [0.05, 0.1) is 4.32 Å². The molecule has 2 aliphatic heterocycles. The Labute approximate surface area is 103 Å². The van der Waals surface area contributed by atoms with E-state index in [4.69, 9.17) is 0 Å². The minimum Gasteiger partial charge on any atom is -0.315 e. The molecule has 1 N–H and O–H groups in total. The predicted octanol–water partition coefficient (Wildman–Crippen LogP) is 1.38. The molecule has 2 aliphatic rings. The first-order valence-electron chi connectivity index (χ1n) is 5.69. The number of rotatable bonds is 0. The summed E-state index contributed by atoms with van der Waals surface area (Å²) >= 11 is 3.79. The number of nitrogens with one attached hydrogen (secondary N) is 1. The van der Waals surface area contributed by atoms with Crippen molar-refractivity contribution >= 4 is 15.9 Å². The van der Waals surface area contributed by atoms with Gasteiger partial charge in [0.1, 0.15) is 0 Å². The lowest BCUT2D eigenvalue weighted by atomic mass is 9.84. The van der Waals surface area contributed by atoms with Crippen molar-refractivity contribution in [2.75, 3.05) is 13.1 Å². The maximum atomic E-state index is 12.1. The van der Waals surface area contributed by atoms with Gasteiger partial charge < -0.3 is 9.88 Å². The van der Waals surface area contributed by atoms with Crippen molar-refractivity contribution in [2.24, 2.45) is 0 Å². The Kier molecular flexibility index (Phi) is 2.27. The molecule has 86 valence electrons. The van der Waals surface area contributed by atoms with Gasteiger partial charge in [0.15, 0.2) is 0 Å². The zero-order chi connectivity index (χ0) is 11.3. The van der Waals surface area contributed by atoms with E-state index in [0.717, 1.165) is 31.6 Å². The second kappa shape index (κ2) is 3.44. The number of nitrogens with zero attached hydrogens (tertiary/aromatic N) is 1. The van der Waals surface area contributed by atoms with Gasteiger partial charge in [-0.15, -0.1) is 0 Å². The van der Waals surface area contributed by atoms with E-state index in [1.807, 2.05) is 17.6 Å². The average molecular weight is 283 g/mol. The van der Waals surface area contributed by atoms with Crippen LogP contribution in [0.5, 0.6) is 0 Å². The van der Waals surface area contributed by atoms with Gasteiger partial charge in [-0.2, -0.15) is 0 Å². The summed E-state index contributed by atoms with van der Waals surface area (Å²) in [5.74, 6) is 0.468. The van der Waals surface area contributed by atoms with Crippen molar-refractivity contribution in [2.45, 2.75) is 30.1 Å². The molecular formula is C12H15BrN2O. The molecule has 2 atom stereocenters. The highest BCUT2D eigenvalue weighted by Gasteiger charge is 2.40. The first-order valence-corrected chi connectivity index (χ1v) is 6.48. The minimum atomic E-state index is 0.0700. The van der Waals surface area contributed by atoms with E-state index in [0.29, 0.717) is 5.92 Å². The summed E-state index contributed by atoms with van der Waals surface area (Å²) in [6, 6.07) is 4.06. The minimum absolute atomic E-state index is 0.0700. The number of hydrogen-bond donors (Lipinski definition) is 1. The number of aryl methyl sites for hydroxylation is 1. The molecule has 1 aromatic heterocycles. The van der Waals surface area contributed by atoms with E-state index in [1.165, 1.54) is 5.69 Å². The van der Waals surface area contributed by atoms with Crippen LogP contribution in [0.25, 0.3) is 0 Å². The molecule has 3 nitrogen and oxygen atoms in total. The van der Waals surface area contributed by atoms with Crippen LogP contribution < -0.4 is 10.9 Å². The van der Waals surface area contributed by atoms with Crippen LogP contribution in [-0.2, 0) is 6.54 Å². The zero-order valence-corrected chi connectivity index (χ0v) is 10.9. The number of piperidine rings is 1. The second-order valence-electron chi connectivity index (χ2n) is 5.02. The van der Waals surface area contributed by atoms with Gasteiger partial charge in [-0.05, 0) is 19.4 Å². The highest BCUT2D eigenvalue weighted by molar-refractivity contribution is 9.10. The third kappa shape index (κ3) is 1.47. The SMILES string of the molecule is Cc1ccc2n(c1=O)C[C@]1(Br)CNC[C@H]2C1. The topological polar surface area (TPSA) is 34.0 Å². The Morgan fingerprint density at radius 2 is 2.38 bits per heavy atom. The zero-order valence-electron chi connectivity index (χ0n) is 9.29. The van der Waals surface area contributed by atoms with Crippen molar-refractivity contribution in [3.05, 3.63) is 33.7 Å². The highest BCUT2D eigenvalue weighted by atomic mass is 79.9. The van der Waals surface area contributed by atoms with E-state index in [1.54, 1.807) is 0 Å². The standard InChI is InChI=1S/C12H15BrN2O/c1-8-2-3-10-9-4-12(13,6-14-5-9)7-15(10)11(8)16/h2-3,9,14H,4-7H2,1H3/t9-,12-/m1/s1. The molecule has 2 bridgehead atoms.